The van der Waals surface area contributed by atoms with Crippen LogP contribution in [0.5, 0.6) is 5.75 Å². The van der Waals surface area contributed by atoms with Gasteiger partial charge in [-0.25, -0.2) is 0 Å². The normalized spacial score (nSPS) is 14.6. The van der Waals surface area contributed by atoms with Crippen LogP contribution in [0, 0.1) is 0 Å². The van der Waals surface area contributed by atoms with Crippen molar-refractivity contribution >= 4 is 16.7 Å². The minimum Gasteiger partial charge on any atom is -0.507 e. The number of allylic oxidation sites excluding steroid dienone is 2. The number of fused-ring (bicyclic) bond motifs is 1. The van der Waals surface area contributed by atoms with Crippen molar-refractivity contribution in [2.45, 2.75) is 25.7 Å². The predicted octanol–water partition coefficient (Wildman–Crippen LogP) is 3.24. The average molecular weight is 282 g/mol. The molecular formula is C17H18N2O2. The maximum atomic E-state index is 12.2. The largest absolute Gasteiger partial charge is 0.507 e. The van der Waals surface area contributed by atoms with Gasteiger partial charge in [-0.15, -0.1) is 0 Å². The van der Waals surface area contributed by atoms with E-state index in [-0.39, 0.29) is 17.2 Å². The first kappa shape index (κ1) is 13.5. The Balaban J connectivity index is 1.77. The molecule has 0 spiro atoms. The lowest BCUT2D eigenvalue weighted by Gasteiger charge is -2.16. The molecule has 1 amide bonds. The van der Waals surface area contributed by atoms with Crippen molar-refractivity contribution in [1.29, 1.82) is 0 Å². The molecule has 21 heavy (non-hydrogen) atoms. The minimum absolute atomic E-state index is 0.00868. The zero-order valence-electron chi connectivity index (χ0n) is 11.7. The fourth-order valence-corrected chi connectivity index (χ4v) is 2.57. The Morgan fingerprint density at radius 1 is 1.10 bits per heavy atom. The van der Waals surface area contributed by atoms with Crippen molar-refractivity contribution in [2.24, 2.45) is 0 Å². The van der Waals surface area contributed by atoms with E-state index < -0.39 is 0 Å². The Labute approximate surface area is 123 Å². The molecule has 0 saturated carbocycles. The lowest BCUT2D eigenvalue weighted by atomic mass is 10.1. The molecule has 3 rings (SSSR count). The van der Waals surface area contributed by atoms with Gasteiger partial charge in [-0.2, -0.15) is 0 Å². The van der Waals surface area contributed by atoms with Gasteiger partial charge in [0.2, 0.25) is 0 Å². The number of nitrogens with one attached hydrogen (secondary N) is 2. The van der Waals surface area contributed by atoms with Crippen molar-refractivity contribution < 1.29 is 9.90 Å². The molecule has 0 aromatic heterocycles. The highest BCUT2D eigenvalue weighted by Crippen LogP contribution is 2.24. The second-order valence-corrected chi connectivity index (χ2v) is 5.27. The number of amides is 1. The number of hydrazine groups is 1. The summed E-state index contributed by atoms with van der Waals surface area (Å²) in [6, 6.07) is 11.0. The molecule has 0 unspecified atom stereocenters. The maximum absolute atomic E-state index is 12.2. The number of phenols is 1. The number of hydrogen-bond acceptors (Lipinski definition) is 3. The number of benzene rings is 2. The van der Waals surface area contributed by atoms with E-state index in [9.17, 15) is 9.90 Å². The molecule has 0 atom stereocenters. The van der Waals surface area contributed by atoms with Crippen LogP contribution in [0.2, 0.25) is 0 Å². The molecule has 0 radical (unpaired) electrons. The first-order valence-electron chi connectivity index (χ1n) is 7.21. The summed E-state index contributed by atoms with van der Waals surface area (Å²) in [4.78, 5) is 12.2. The van der Waals surface area contributed by atoms with Gasteiger partial charge in [0.05, 0.1) is 5.56 Å². The third kappa shape index (κ3) is 2.99. The summed E-state index contributed by atoms with van der Waals surface area (Å²) >= 11 is 0. The molecule has 108 valence electrons. The van der Waals surface area contributed by atoms with Crippen LogP contribution in [0.4, 0.5) is 0 Å². The molecule has 0 aliphatic heterocycles. The predicted molar refractivity (Wildman–Crippen MR) is 82.8 cm³/mol. The van der Waals surface area contributed by atoms with Crippen LogP contribution in [0.25, 0.3) is 10.8 Å². The van der Waals surface area contributed by atoms with Crippen molar-refractivity contribution in [3.63, 3.8) is 0 Å². The van der Waals surface area contributed by atoms with Crippen LogP contribution in [-0.4, -0.2) is 11.0 Å². The Morgan fingerprint density at radius 3 is 2.57 bits per heavy atom. The highest BCUT2D eigenvalue weighted by atomic mass is 16.3. The first-order chi connectivity index (χ1) is 10.2. The summed E-state index contributed by atoms with van der Waals surface area (Å²) in [6.45, 7) is 0. The van der Waals surface area contributed by atoms with E-state index in [1.54, 1.807) is 12.1 Å². The van der Waals surface area contributed by atoms with Gasteiger partial charge in [-0.1, -0.05) is 30.3 Å². The van der Waals surface area contributed by atoms with E-state index in [2.05, 4.69) is 16.9 Å². The first-order valence-corrected chi connectivity index (χ1v) is 7.21. The monoisotopic (exact) mass is 282 g/mol. The van der Waals surface area contributed by atoms with Gasteiger partial charge in [0.15, 0.2) is 0 Å². The number of carbonyl (C=O) groups excluding carboxylic acids is 1. The molecule has 1 aliphatic carbocycles. The zero-order valence-corrected chi connectivity index (χ0v) is 11.7. The third-order valence-corrected chi connectivity index (χ3v) is 3.74. The molecule has 0 fully saturated rings. The van der Waals surface area contributed by atoms with Gasteiger partial charge < -0.3 is 10.5 Å². The fraction of sp³-hybridized carbons (Fsp3) is 0.235. The number of phenolic OH excluding ortho intramolecular Hbond substituents is 1. The third-order valence-electron chi connectivity index (χ3n) is 3.74. The Hall–Kier alpha value is -2.49. The van der Waals surface area contributed by atoms with Crippen LogP contribution >= 0.6 is 0 Å². The second-order valence-electron chi connectivity index (χ2n) is 5.27. The minimum atomic E-state index is -0.329. The standard InChI is InChI=1S/C17H18N2O2/c20-16-11-13-7-5-4-6-12(13)10-15(16)17(21)19-18-14-8-2-1-3-9-14/h4-8,10-11,18,20H,1-3,9H2,(H,19,21). The second kappa shape index (κ2) is 5.87. The van der Waals surface area contributed by atoms with Gasteiger partial charge in [0.1, 0.15) is 5.75 Å². The van der Waals surface area contributed by atoms with E-state index in [1.165, 1.54) is 6.42 Å². The van der Waals surface area contributed by atoms with Crippen LogP contribution in [0.15, 0.2) is 48.2 Å². The SMILES string of the molecule is O=C(NNC1=CCCCC1)c1cc2ccccc2cc1O. The van der Waals surface area contributed by atoms with E-state index in [0.717, 1.165) is 35.7 Å². The molecule has 2 aromatic carbocycles. The number of aromatic hydroxyl groups is 1. The molecule has 0 bridgehead atoms. The van der Waals surface area contributed by atoms with Crippen molar-refractivity contribution in [1.82, 2.24) is 10.9 Å². The quantitative estimate of drug-likeness (QED) is 0.757. The van der Waals surface area contributed by atoms with Crippen molar-refractivity contribution in [2.75, 3.05) is 0 Å². The van der Waals surface area contributed by atoms with Crippen molar-refractivity contribution in [3.8, 4) is 5.75 Å². The van der Waals surface area contributed by atoms with Gasteiger partial charge in [-0.05, 0) is 48.6 Å². The highest BCUT2D eigenvalue weighted by Gasteiger charge is 2.13. The molecule has 1 aliphatic rings. The summed E-state index contributed by atoms with van der Waals surface area (Å²) in [5.41, 5.74) is 6.92. The van der Waals surface area contributed by atoms with Crippen LogP contribution in [0.1, 0.15) is 36.0 Å². The van der Waals surface area contributed by atoms with Gasteiger partial charge in [0.25, 0.3) is 5.91 Å². The molecule has 2 aromatic rings. The lowest BCUT2D eigenvalue weighted by Crippen LogP contribution is -2.37. The molecule has 0 saturated heterocycles. The van der Waals surface area contributed by atoms with Gasteiger partial charge in [0, 0.05) is 5.70 Å². The summed E-state index contributed by atoms with van der Waals surface area (Å²) in [7, 11) is 0. The van der Waals surface area contributed by atoms with Crippen LogP contribution < -0.4 is 10.9 Å². The lowest BCUT2D eigenvalue weighted by molar-refractivity contribution is 0.0935. The molecular weight excluding hydrogens is 264 g/mol. The summed E-state index contributed by atoms with van der Waals surface area (Å²) < 4.78 is 0. The molecule has 4 nitrogen and oxygen atoms in total. The molecule has 3 N–H and O–H groups in total. The van der Waals surface area contributed by atoms with Crippen LogP contribution in [-0.2, 0) is 0 Å². The topological polar surface area (TPSA) is 61.4 Å². The Kier molecular flexibility index (Phi) is 3.77. The van der Waals surface area contributed by atoms with E-state index in [1.807, 2.05) is 24.3 Å². The van der Waals surface area contributed by atoms with Gasteiger partial charge in [-0.3, -0.25) is 10.2 Å². The molecule has 4 heteroatoms. The number of hydrogen-bond donors (Lipinski definition) is 3. The summed E-state index contributed by atoms with van der Waals surface area (Å²) in [6.07, 6.45) is 6.42. The number of rotatable bonds is 3. The Morgan fingerprint density at radius 2 is 1.86 bits per heavy atom. The van der Waals surface area contributed by atoms with E-state index >= 15 is 0 Å². The highest BCUT2D eigenvalue weighted by molar-refractivity contribution is 6.01. The molecule has 0 heterocycles. The van der Waals surface area contributed by atoms with E-state index in [4.69, 9.17) is 0 Å². The van der Waals surface area contributed by atoms with Crippen molar-refractivity contribution in [3.05, 3.63) is 53.7 Å². The summed E-state index contributed by atoms with van der Waals surface area (Å²) in [5.74, 6) is -0.338. The smallest absolute Gasteiger partial charge is 0.273 e. The summed E-state index contributed by atoms with van der Waals surface area (Å²) in [5, 5.41) is 11.9. The van der Waals surface area contributed by atoms with Crippen LogP contribution in [0.3, 0.4) is 0 Å². The van der Waals surface area contributed by atoms with Gasteiger partial charge >= 0.3 is 0 Å². The maximum Gasteiger partial charge on any atom is 0.273 e. The zero-order chi connectivity index (χ0) is 14.7. The average Bonchev–Trinajstić information content (AvgIpc) is 2.53. The fourth-order valence-electron chi connectivity index (χ4n) is 2.57. The number of carbonyl (C=O) groups is 1. The van der Waals surface area contributed by atoms with E-state index in [0.29, 0.717) is 0 Å². The Bertz CT molecular complexity index is 707.